The van der Waals surface area contributed by atoms with Gasteiger partial charge in [0.15, 0.2) is 11.5 Å². The molecule has 0 amide bonds. The van der Waals surface area contributed by atoms with Gasteiger partial charge in [0.05, 0.1) is 13.7 Å². The summed E-state index contributed by atoms with van der Waals surface area (Å²) in [5.74, 6) is 3.55. The third kappa shape index (κ3) is 3.88. The normalized spacial score (nSPS) is 12.6. The molecule has 0 fully saturated rings. The molecular weight excluding hydrogens is 346 g/mol. The summed E-state index contributed by atoms with van der Waals surface area (Å²) in [5.41, 5.74) is 2.04. The van der Waals surface area contributed by atoms with Crippen molar-refractivity contribution >= 4 is 0 Å². The van der Waals surface area contributed by atoms with Crippen LogP contribution in [0.2, 0.25) is 0 Å². The van der Waals surface area contributed by atoms with Gasteiger partial charge in [0.1, 0.15) is 5.75 Å². The van der Waals surface area contributed by atoms with E-state index in [1.807, 2.05) is 42.5 Å². The van der Waals surface area contributed by atoms with Gasteiger partial charge in [0.2, 0.25) is 18.5 Å². The fraction of sp³-hybridized carbons (Fsp3) is 0.300. The maximum absolute atomic E-state index is 5.45. The van der Waals surface area contributed by atoms with Crippen LogP contribution in [-0.4, -0.2) is 35.5 Å². The number of nitrogens with zero attached hydrogens (tertiary/aromatic N) is 3. The van der Waals surface area contributed by atoms with Crippen molar-refractivity contribution in [2.45, 2.75) is 20.0 Å². The Hall–Kier alpha value is -3.06. The minimum absolute atomic E-state index is 0.284. The monoisotopic (exact) mass is 367 g/mol. The number of aromatic nitrogens is 2. The Morgan fingerprint density at radius 3 is 2.63 bits per heavy atom. The maximum Gasteiger partial charge on any atom is 0.241 e. The van der Waals surface area contributed by atoms with E-state index in [2.05, 4.69) is 22.0 Å². The number of rotatable bonds is 7. The lowest BCUT2D eigenvalue weighted by Crippen LogP contribution is -2.22. The van der Waals surface area contributed by atoms with Crippen LogP contribution in [0.3, 0.4) is 0 Å². The van der Waals surface area contributed by atoms with Gasteiger partial charge in [-0.1, -0.05) is 18.1 Å². The number of hydrogen-bond acceptors (Lipinski definition) is 7. The minimum Gasteiger partial charge on any atom is -0.497 e. The van der Waals surface area contributed by atoms with E-state index in [4.69, 9.17) is 18.7 Å². The summed E-state index contributed by atoms with van der Waals surface area (Å²) >= 11 is 0. The first kappa shape index (κ1) is 17.4. The van der Waals surface area contributed by atoms with Gasteiger partial charge in [0.25, 0.3) is 0 Å². The Labute approximate surface area is 157 Å². The predicted octanol–water partition coefficient (Wildman–Crippen LogP) is 3.50. The number of methoxy groups -OCH3 is 1. The van der Waals surface area contributed by atoms with E-state index >= 15 is 0 Å². The van der Waals surface area contributed by atoms with Crippen molar-refractivity contribution in [1.82, 2.24) is 15.0 Å². The predicted molar refractivity (Wildman–Crippen MR) is 98.6 cm³/mol. The zero-order chi connectivity index (χ0) is 18.6. The third-order valence-electron chi connectivity index (χ3n) is 4.47. The molecule has 140 valence electrons. The molecule has 3 aromatic rings. The van der Waals surface area contributed by atoms with Crippen LogP contribution in [0.4, 0.5) is 0 Å². The van der Waals surface area contributed by atoms with Gasteiger partial charge in [-0.25, -0.2) is 0 Å². The highest BCUT2D eigenvalue weighted by Gasteiger charge is 2.16. The molecule has 0 saturated carbocycles. The number of fused-ring (bicyclic) bond motifs is 1. The van der Waals surface area contributed by atoms with Crippen LogP contribution in [0.1, 0.15) is 18.4 Å². The molecule has 7 nitrogen and oxygen atoms in total. The molecule has 0 atom stereocenters. The molecule has 4 rings (SSSR count). The molecule has 0 unspecified atom stereocenters. The summed E-state index contributed by atoms with van der Waals surface area (Å²) in [7, 11) is 1.64. The highest BCUT2D eigenvalue weighted by molar-refractivity contribution is 5.55. The Morgan fingerprint density at radius 1 is 1.04 bits per heavy atom. The van der Waals surface area contributed by atoms with Crippen LogP contribution >= 0.6 is 0 Å². The molecule has 2 aromatic carbocycles. The third-order valence-corrected chi connectivity index (χ3v) is 4.47. The Balaban J connectivity index is 1.43. The molecule has 0 aliphatic carbocycles. The number of hydrogen-bond donors (Lipinski definition) is 0. The highest BCUT2D eigenvalue weighted by Crippen LogP contribution is 2.33. The van der Waals surface area contributed by atoms with Crippen molar-refractivity contribution in [2.75, 3.05) is 20.4 Å². The van der Waals surface area contributed by atoms with Crippen molar-refractivity contribution in [3.8, 4) is 28.6 Å². The van der Waals surface area contributed by atoms with Crippen LogP contribution in [0.15, 0.2) is 47.0 Å². The summed E-state index contributed by atoms with van der Waals surface area (Å²) in [6, 6.07) is 13.6. The highest BCUT2D eigenvalue weighted by atomic mass is 16.7. The quantitative estimate of drug-likeness (QED) is 0.633. The van der Waals surface area contributed by atoms with Crippen LogP contribution in [-0.2, 0) is 13.1 Å². The zero-order valence-electron chi connectivity index (χ0n) is 15.3. The van der Waals surface area contributed by atoms with Gasteiger partial charge in [-0.15, -0.1) is 0 Å². The van der Waals surface area contributed by atoms with E-state index < -0.39 is 0 Å². The average molecular weight is 367 g/mol. The van der Waals surface area contributed by atoms with Gasteiger partial charge >= 0.3 is 0 Å². The lowest BCUT2D eigenvalue weighted by molar-refractivity contribution is 0.174. The first-order chi connectivity index (χ1) is 13.2. The number of benzene rings is 2. The van der Waals surface area contributed by atoms with E-state index in [0.717, 1.165) is 41.5 Å². The molecule has 0 saturated heterocycles. The summed E-state index contributed by atoms with van der Waals surface area (Å²) < 4.78 is 21.4. The summed E-state index contributed by atoms with van der Waals surface area (Å²) in [6.07, 6.45) is 0. The molecule has 7 heteroatoms. The first-order valence-electron chi connectivity index (χ1n) is 8.83. The van der Waals surface area contributed by atoms with Crippen molar-refractivity contribution in [2.24, 2.45) is 0 Å². The fourth-order valence-corrected chi connectivity index (χ4v) is 2.94. The molecular formula is C20H21N3O4. The SMILES string of the molecule is CCN(Cc1ccc2c(c1)OCO2)Cc1nc(-c2ccc(OC)cc2)no1. The average Bonchev–Trinajstić information content (AvgIpc) is 3.36. The van der Waals surface area contributed by atoms with Gasteiger partial charge in [0, 0.05) is 12.1 Å². The van der Waals surface area contributed by atoms with Crippen molar-refractivity contribution < 1.29 is 18.7 Å². The summed E-state index contributed by atoms with van der Waals surface area (Å²) in [5, 5.41) is 4.09. The van der Waals surface area contributed by atoms with Crippen molar-refractivity contribution in [1.29, 1.82) is 0 Å². The van der Waals surface area contributed by atoms with E-state index in [-0.39, 0.29) is 6.79 Å². The van der Waals surface area contributed by atoms with Crippen molar-refractivity contribution in [3.63, 3.8) is 0 Å². The minimum atomic E-state index is 0.284. The van der Waals surface area contributed by atoms with Gasteiger partial charge < -0.3 is 18.7 Å². The standard InChI is InChI=1S/C20H21N3O4/c1-3-23(11-14-4-9-17-18(10-14)26-13-25-17)12-19-21-20(22-27-19)15-5-7-16(24-2)8-6-15/h4-10H,3,11-13H2,1-2H3. The second-order valence-corrected chi connectivity index (χ2v) is 6.23. The smallest absolute Gasteiger partial charge is 0.241 e. The molecule has 0 N–H and O–H groups in total. The molecule has 0 spiro atoms. The topological polar surface area (TPSA) is 69.9 Å². The zero-order valence-corrected chi connectivity index (χ0v) is 15.3. The molecule has 27 heavy (non-hydrogen) atoms. The summed E-state index contributed by atoms with van der Waals surface area (Å²) in [4.78, 5) is 6.74. The van der Waals surface area contributed by atoms with Crippen LogP contribution < -0.4 is 14.2 Å². The van der Waals surface area contributed by atoms with E-state index in [1.165, 1.54) is 0 Å². The molecule has 1 aromatic heterocycles. The summed E-state index contributed by atoms with van der Waals surface area (Å²) in [6.45, 7) is 4.58. The second-order valence-electron chi connectivity index (χ2n) is 6.23. The molecule has 1 aliphatic rings. The Bertz CT molecular complexity index is 908. The molecule has 2 heterocycles. The van der Waals surface area contributed by atoms with E-state index in [0.29, 0.717) is 18.3 Å². The van der Waals surface area contributed by atoms with E-state index in [1.54, 1.807) is 7.11 Å². The Morgan fingerprint density at radius 2 is 1.85 bits per heavy atom. The first-order valence-corrected chi connectivity index (χ1v) is 8.83. The molecule has 0 bridgehead atoms. The van der Waals surface area contributed by atoms with Crippen LogP contribution in [0.5, 0.6) is 17.2 Å². The fourth-order valence-electron chi connectivity index (χ4n) is 2.94. The van der Waals surface area contributed by atoms with Gasteiger partial charge in [-0.05, 0) is 48.5 Å². The van der Waals surface area contributed by atoms with Crippen LogP contribution in [0.25, 0.3) is 11.4 Å². The van der Waals surface area contributed by atoms with Gasteiger partial charge in [-0.3, -0.25) is 4.90 Å². The van der Waals surface area contributed by atoms with Gasteiger partial charge in [-0.2, -0.15) is 4.98 Å². The lowest BCUT2D eigenvalue weighted by Gasteiger charge is -2.18. The van der Waals surface area contributed by atoms with Crippen molar-refractivity contribution in [3.05, 3.63) is 53.9 Å². The van der Waals surface area contributed by atoms with E-state index in [9.17, 15) is 0 Å². The Kier molecular flexibility index (Phi) is 4.93. The molecule has 1 aliphatic heterocycles. The second kappa shape index (κ2) is 7.67. The van der Waals surface area contributed by atoms with Crippen LogP contribution in [0, 0.1) is 0 Å². The molecule has 0 radical (unpaired) electrons. The maximum atomic E-state index is 5.45. The number of ether oxygens (including phenoxy) is 3. The lowest BCUT2D eigenvalue weighted by atomic mass is 10.2. The largest absolute Gasteiger partial charge is 0.497 e.